The lowest BCUT2D eigenvalue weighted by Crippen LogP contribution is -2.21. The van der Waals surface area contributed by atoms with E-state index in [0.29, 0.717) is 5.92 Å². The van der Waals surface area contributed by atoms with E-state index in [0.717, 1.165) is 22.2 Å². The number of carbonyl (C=O) groups excluding carboxylic acids is 1. The Kier molecular flexibility index (Phi) is 5.33. The van der Waals surface area contributed by atoms with E-state index in [1.807, 2.05) is 31.2 Å². The van der Waals surface area contributed by atoms with Gasteiger partial charge in [-0.25, -0.2) is 5.43 Å². The van der Waals surface area contributed by atoms with Gasteiger partial charge in [-0.3, -0.25) is 4.79 Å². The molecule has 1 aliphatic rings. The molecule has 0 aromatic heterocycles. The Bertz CT molecular complexity index is 834. The summed E-state index contributed by atoms with van der Waals surface area (Å²) in [6.07, 6.45) is 0.895. The van der Waals surface area contributed by atoms with Crippen molar-refractivity contribution >= 4 is 27.5 Å². The highest BCUT2D eigenvalue weighted by Crippen LogP contribution is 2.47. The van der Waals surface area contributed by atoms with Crippen LogP contribution >= 0.6 is 15.9 Å². The molecule has 0 unspecified atom stereocenters. The number of amides is 1. The van der Waals surface area contributed by atoms with Crippen molar-refractivity contribution in [2.24, 2.45) is 11.0 Å². The molecule has 1 saturated carbocycles. The fraction of sp³-hybridized carbons (Fsp3) is 0.364. The lowest BCUT2D eigenvalue weighted by molar-refractivity contribution is -0.122. The minimum Gasteiger partial charge on any atom is -0.273 e. The van der Waals surface area contributed by atoms with Crippen molar-refractivity contribution in [2.75, 3.05) is 0 Å². The summed E-state index contributed by atoms with van der Waals surface area (Å²) in [5, 5.41) is 4.27. The highest BCUT2D eigenvalue weighted by atomic mass is 79.9. The van der Waals surface area contributed by atoms with E-state index < -0.39 is 0 Å². The SMILES string of the molecule is C/C(=N\NC(=O)[C@@H]1C[C@@H]1c1ccc(C(C)(C)C)cc1)c1cccc(Br)c1. The minimum absolute atomic E-state index is 0.00393. The molecular formula is C22H25BrN2O. The molecular weight excluding hydrogens is 388 g/mol. The highest BCUT2D eigenvalue weighted by Gasteiger charge is 2.44. The molecule has 0 saturated heterocycles. The van der Waals surface area contributed by atoms with Crippen LogP contribution in [-0.4, -0.2) is 11.6 Å². The Morgan fingerprint density at radius 1 is 1.15 bits per heavy atom. The molecule has 3 nitrogen and oxygen atoms in total. The zero-order valence-corrected chi connectivity index (χ0v) is 17.3. The molecule has 0 radical (unpaired) electrons. The molecule has 1 N–H and O–H groups in total. The molecule has 0 heterocycles. The lowest BCUT2D eigenvalue weighted by atomic mass is 9.86. The van der Waals surface area contributed by atoms with Crippen molar-refractivity contribution in [3.8, 4) is 0 Å². The molecule has 1 aliphatic carbocycles. The van der Waals surface area contributed by atoms with Gasteiger partial charge in [0, 0.05) is 10.4 Å². The number of nitrogens with zero attached hydrogens (tertiary/aromatic N) is 1. The Morgan fingerprint density at radius 3 is 2.46 bits per heavy atom. The number of rotatable bonds is 4. The molecule has 2 atom stereocenters. The summed E-state index contributed by atoms with van der Waals surface area (Å²) in [6.45, 7) is 8.53. The average molecular weight is 413 g/mol. The maximum atomic E-state index is 12.4. The first-order chi connectivity index (χ1) is 12.3. The summed E-state index contributed by atoms with van der Waals surface area (Å²) < 4.78 is 0.997. The quantitative estimate of drug-likeness (QED) is 0.530. The van der Waals surface area contributed by atoms with Crippen LogP contribution in [-0.2, 0) is 10.2 Å². The number of carbonyl (C=O) groups is 1. The maximum absolute atomic E-state index is 12.4. The van der Waals surface area contributed by atoms with E-state index in [9.17, 15) is 4.79 Å². The van der Waals surface area contributed by atoms with Crippen LogP contribution in [0.1, 0.15) is 56.7 Å². The maximum Gasteiger partial charge on any atom is 0.243 e. The minimum atomic E-state index is 0.00393. The Labute approximate surface area is 164 Å². The first-order valence-electron chi connectivity index (χ1n) is 8.96. The summed E-state index contributed by atoms with van der Waals surface area (Å²) in [7, 11) is 0. The van der Waals surface area contributed by atoms with Crippen molar-refractivity contribution in [3.63, 3.8) is 0 Å². The second-order valence-corrected chi connectivity index (χ2v) is 8.92. The van der Waals surface area contributed by atoms with Gasteiger partial charge in [0.05, 0.1) is 5.71 Å². The summed E-state index contributed by atoms with van der Waals surface area (Å²) in [4.78, 5) is 12.4. The second kappa shape index (κ2) is 7.36. The van der Waals surface area contributed by atoms with Gasteiger partial charge in [0.25, 0.3) is 0 Å². The van der Waals surface area contributed by atoms with Gasteiger partial charge in [-0.2, -0.15) is 5.10 Å². The molecule has 1 amide bonds. The molecule has 26 heavy (non-hydrogen) atoms. The van der Waals surface area contributed by atoms with Gasteiger partial charge >= 0.3 is 0 Å². The van der Waals surface area contributed by atoms with Crippen LogP contribution < -0.4 is 5.43 Å². The fourth-order valence-electron chi connectivity index (χ4n) is 3.08. The first kappa shape index (κ1) is 18.8. The number of benzene rings is 2. The third-order valence-corrected chi connectivity index (χ3v) is 5.40. The Morgan fingerprint density at radius 2 is 1.85 bits per heavy atom. The van der Waals surface area contributed by atoms with E-state index >= 15 is 0 Å². The average Bonchev–Trinajstić information content (AvgIpc) is 3.39. The number of halogens is 1. The number of nitrogens with one attached hydrogen (secondary N) is 1. The van der Waals surface area contributed by atoms with E-state index in [2.05, 4.69) is 71.5 Å². The van der Waals surface area contributed by atoms with Crippen molar-refractivity contribution < 1.29 is 4.79 Å². The summed E-state index contributed by atoms with van der Waals surface area (Å²) in [6, 6.07) is 16.6. The van der Waals surface area contributed by atoms with Crippen molar-refractivity contribution in [1.29, 1.82) is 0 Å². The first-order valence-corrected chi connectivity index (χ1v) is 9.75. The van der Waals surface area contributed by atoms with Crippen LogP contribution in [0, 0.1) is 5.92 Å². The summed E-state index contributed by atoms with van der Waals surface area (Å²) >= 11 is 3.45. The number of hydrogen-bond acceptors (Lipinski definition) is 2. The van der Waals surface area contributed by atoms with E-state index in [1.165, 1.54) is 11.1 Å². The molecule has 1 fully saturated rings. The fourth-order valence-corrected chi connectivity index (χ4v) is 3.48. The van der Waals surface area contributed by atoms with Crippen molar-refractivity contribution in [2.45, 2.75) is 45.4 Å². The number of hydrazone groups is 1. The van der Waals surface area contributed by atoms with Gasteiger partial charge in [-0.15, -0.1) is 0 Å². The molecule has 136 valence electrons. The molecule has 2 aromatic rings. The van der Waals surface area contributed by atoms with Crippen LogP contribution in [0.15, 0.2) is 58.1 Å². The van der Waals surface area contributed by atoms with Gasteiger partial charge in [-0.05, 0) is 53.5 Å². The van der Waals surface area contributed by atoms with Gasteiger partial charge in [0.2, 0.25) is 5.91 Å². The van der Waals surface area contributed by atoms with Crippen molar-refractivity contribution in [3.05, 3.63) is 69.7 Å². The lowest BCUT2D eigenvalue weighted by Gasteiger charge is -2.19. The third-order valence-electron chi connectivity index (χ3n) is 4.91. The standard InChI is InChI=1S/C22H25BrN2O/c1-14(16-6-5-7-18(23)12-16)24-25-21(26)20-13-19(20)15-8-10-17(11-9-15)22(2,3)4/h5-12,19-20H,13H2,1-4H3,(H,25,26)/b24-14+/t19-,20-/m1/s1. The number of hydrogen-bond donors (Lipinski definition) is 1. The van der Waals surface area contributed by atoms with Crippen LogP contribution in [0.4, 0.5) is 0 Å². The Balaban J connectivity index is 1.60. The predicted molar refractivity (Wildman–Crippen MR) is 110 cm³/mol. The van der Waals surface area contributed by atoms with E-state index in [1.54, 1.807) is 0 Å². The second-order valence-electron chi connectivity index (χ2n) is 8.00. The summed E-state index contributed by atoms with van der Waals surface area (Å²) in [5.74, 6) is 0.337. The molecule has 4 heteroatoms. The molecule has 0 aliphatic heterocycles. The molecule has 3 rings (SSSR count). The van der Waals surface area contributed by atoms with Crippen LogP contribution in [0.3, 0.4) is 0 Å². The van der Waals surface area contributed by atoms with Gasteiger partial charge in [0.1, 0.15) is 0 Å². The topological polar surface area (TPSA) is 41.5 Å². The highest BCUT2D eigenvalue weighted by molar-refractivity contribution is 9.10. The van der Waals surface area contributed by atoms with Crippen LogP contribution in [0.2, 0.25) is 0 Å². The largest absolute Gasteiger partial charge is 0.273 e. The van der Waals surface area contributed by atoms with Gasteiger partial charge in [0.15, 0.2) is 0 Å². The molecule has 0 spiro atoms. The van der Waals surface area contributed by atoms with Crippen molar-refractivity contribution in [1.82, 2.24) is 5.43 Å². The van der Waals surface area contributed by atoms with Crippen LogP contribution in [0.25, 0.3) is 0 Å². The molecule has 0 bridgehead atoms. The zero-order chi connectivity index (χ0) is 18.9. The third kappa shape index (κ3) is 4.42. The normalized spacial score (nSPS) is 20.0. The monoisotopic (exact) mass is 412 g/mol. The Hall–Kier alpha value is -1.94. The smallest absolute Gasteiger partial charge is 0.243 e. The predicted octanol–water partition coefficient (Wildman–Crippen LogP) is 5.39. The summed E-state index contributed by atoms with van der Waals surface area (Å²) in [5.41, 5.74) is 7.23. The zero-order valence-electron chi connectivity index (χ0n) is 15.7. The van der Waals surface area contributed by atoms with E-state index in [-0.39, 0.29) is 17.2 Å². The van der Waals surface area contributed by atoms with E-state index in [4.69, 9.17) is 0 Å². The van der Waals surface area contributed by atoms with Crippen LogP contribution in [0.5, 0.6) is 0 Å². The van der Waals surface area contributed by atoms with Gasteiger partial charge < -0.3 is 0 Å². The molecule has 2 aromatic carbocycles. The van der Waals surface area contributed by atoms with Gasteiger partial charge in [-0.1, -0.05) is 73.1 Å².